The van der Waals surface area contributed by atoms with E-state index >= 15 is 4.39 Å². The van der Waals surface area contributed by atoms with Gasteiger partial charge in [0, 0.05) is 42.8 Å². The minimum absolute atomic E-state index is 0.225. The van der Waals surface area contributed by atoms with Gasteiger partial charge in [-0.3, -0.25) is 0 Å². The number of hydrogen-bond donors (Lipinski definition) is 0. The summed E-state index contributed by atoms with van der Waals surface area (Å²) in [5.74, 6) is 0.934. The largest absolute Gasteiger partial charge is 0.493 e. The van der Waals surface area contributed by atoms with Crippen molar-refractivity contribution in [2.45, 2.75) is 32.4 Å². The van der Waals surface area contributed by atoms with Crippen LogP contribution in [0.15, 0.2) is 66.7 Å². The Bertz CT molecular complexity index is 1930. The van der Waals surface area contributed by atoms with E-state index in [1.165, 1.54) is 13.2 Å². The molecule has 5 aromatic rings. The molecule has 2 aromatic heterocycles. The maximum absolute atomic E-state index is 15.5. The Labute approximate surface area is 259 Å². The number of hydrogen-bond acceptors (Lipinski definition) is 8. The van der Waals surface area contributed by atoms with Gasteiger partial charge in [0.25, 0.3) is 0 Å². The molecule has 0 unspecified atom stereocenters. The molecule has 6 rings (SSSR count). The van der Waals surface area contributed by atoms with Gasteiger partial charge in [-0.05, 0) is 54.8 Å². The van der Waals surface area contributed by atoms with Crippen molar-refractivity contribution >= 4 is 17.0 Å². The molecule has 0 aliphatic carbocycles. The van der Waals surface area contributed by atoms with Crippen LogP contribution in [0, 0.1) is 17.1 Å². The van der Waals surface area contributed by atoms with Gasteiger partial charge in [-0.2, -0.15) is 5.26 Å². The monoisotopic (exact) mass is 606 g/mol. The van der Waals surface area contributed by atoms with Crippen LogP contribution in [0.1, 0.15) is 44.9 Å². The Hall–Kier alpha value is -5.27. The first kappa shape index (κ1) is 29.8. The van der Waals surface area contributed by atoms with Crippen molar-refractivity contribution in [3.05, 3.63) is 106 Å². The van der Waals surface area contributed by atoms with E-state index in [-0.39, 0.29) is 18.8 Å². The van der Waals surface area contributed by atoms with E-state index in [9.17, 15) is 10.1 Å². The van der Waals surface area contributed by atoms with Crippen molar-refractivity contribution in [1.29, 1.82) is 5.26 Å². The lowest BCUT2D eigenvalue weighted by Crippen LogP contribution is -2.13. The Balaban J connectivity index is 1.22. The third kappa shape index (κ3) is 6.21. The quantitative estimate of drug-likeness (QED) is 0.177. The van der Waals surface area contributed by atoms with Crippen LogP contribution in [0.3, 0.4) is 0 Å². The van der Waals surface area contributed by atoms with Crippen LogP contribution >= 0.6 is 0 Å². The molecule has 1 aliphatic rings. The van der Waals surface area contributed by atoms with Gasteiger partial charge < -0.3 is 23.5 Å². The van der Waals surface area contributed by atoms with Gasteiger partial charge in [-0.25, -0.2) is 19.2 Å². The number of nitrogens with zero attached hydrogens (tertiary/aromatic N) is 4. The van der Waals surface area contributed by atoms with Crippen LogP contribution in [0.2, 0.25) is 0 Å². The highest BCUT2D eigenvalue weighted by atomic mass is 19.1. The number of halogens is 1. The van der Waals surface area contributed by atoms with Crippen LogP contribution in [-0.4, -0.2) is 47.9 Å². The lowest BCUT2D eigenvalue weighted by molar-refractivity contribution is 0.0601. The van der Waals surface area contributed by atoms with E-state index in [0.717, 1.165) is 29.5 Å². The predicted molar refractivity (Wildman–Crippen MR) is 165 cm³/mol. The Morgan fingerprint density at radius 2 is 1.93 bits per heavy atom. The number of imidazole rings is 1. The summed E-state index contributed by atoms with van der Waals surface area (Å²) in [4.78, 5) is 21.5. The van der Waals surface area contributed by atoms with Crippen LogP contribution in [0.25, 0.3) is 22.3 Å². The third-order valence-electron chi connectivity index (χ3n) is 7.84. The Morgan fingerprint density at radius 1 is 1.07 bits per heavy atom. The van der Waals surface area contributed by atoms with Gasteiger partial charge in [-0.15, -0.1) is 0 Å². The summed E-state index contributed by atoms with van der Waals surface area (Å²) in [5.41, 5.74) is 5.89. The molecule has 10 heteroatoms. The highest BCUT2D eigenvalue weighted by molar-refractivity contribution is 5.93. The predicted octanol–water partition coefficient (Wildman–Crippen LogP) is 6.04. The Kier molecular flexibility index (Phi) is 8.71. The zero-order valence-electron chi connectivity index (χ0n) is 25.0. The van der Waals surface area contributed by atoms with E-state index in [0.29, 0.717) is 70.7 Å². The van der Waals surface area contributed by atoms with Crippen molar-refractivity contribution in [2.24, 2.45) is 0 Å². The van der Waals surface area contributed by atoms with E-state index in [1.54, 1.807) is 49.6 Å². The van der Waals surface area contributed by atoms with Crippen molar-refractivity contribution in [2.75, 3.05) is 27.4 Å². The molecule has 0 fully saturated rings. The second-order valence-electron chi connectivity index (χ2n) is 10.6. The number of esters is 1. The molecule has 0 N–H and O–H groups in total. The third-order valence-corrected chi connectivity index (χ3v) is 7.84. The molecule has 228 valence electrons. The van der Waals surface area contributed by atoms with Crippen LogP contribution in [-0.2, 0) is 35.5 Å². The number of rotatable bonds is 10. The molecule has 3 aromatic carbocycles. The van der Waals surface area contributed by atoms with Crippen LogP contribution < -0.4 is 9.47 Å². The molecular weight excluding hydrogens is 575 g/mol. The van der Waals surface area contributed by atoms with Crippen molar-refractivity contribution in [1.82, 2.24) is 14.5 Å². The number of benzene rings is 3. The smallest absolute Gasteiger partial charge is 0.337 e. The van der Waals surface area contributed by atoms with Gasteiger partial charge >= 0.3 is 5.97 Å². The van der Waals surface area contributed by atoms with Gasteiger partial charge in [0.1, 0.15) is 24.0 Å². The topological polar surface area (TPSA) is 108 Å². The Morgan fingerprint density at radius 3 is 2.73 bits per heavy atom. The number of methoxy groups -OCH3 is 2. The number of carbonyl (C=O) groups excluding carboxylic acids is 1. The average Bonchev–Trinajstić information content (AvgIpc) is 3.42. The summed E-state index contributed by atoms with van der Waals surface area (Å²) < 4.78 is 39.6. The van der Waals surface area contributed by atoms with Crippen molar-refractivity contribution in [3.63, 3.8) is 0 Å². The van der Waals surface area contributed by atoms with Gasteiger partial charge in [0.2, 0.25) is 5.88 Å². The molecule has 0 saturated carbocycles. The molecule has 0 spiro atoms. The number of aromatic nitrogens is 3. The number of fused-ring (bicyclic) bond motifs is 2. The van der Waals surface area contributed by atoms with Crippen molar-refractivity contribution in [3.8, 4) is 29.0 Å². The molecular formula is C35H31FN4O5. The normalized spacial score (nSPS) is 12.3. The highest BCUT2D eigenvalue weighted by Crippen LogP contribution is 2.33. The highest BCUT2D eigenvalue weighted by Gasteiger charge is 2.20. The molecule has 0 radical (unpaired) electrons. The summed E-state index contributed by atoms with van der Waals surface area (Å²) in [7, 11) is 2.95. The lowest BCUT2D eigenvalue weighted by Gasteiger charge is -2.21. The van der Waals surface area contributed by atoms with Crippen molar-refractivity contribution < 1.29 is 28.1 Å². The maximum Gasteiger partial charge on any atom is 0.337 e. The fraction of sp³-hybridized carbons (Fsp3) is 0.257. The van der Waals surface area contributed by atoms with E-state index < -0.39 is 5.97 Å². The molecule has 0 saturated heterocycles. The first-order chi connectivity index (χ1) is 22.0. The zero-order chi connectivity index (χ0) is 31.3. The summed E-state index contributed by atoms with van der Waals surface area (Å²) >= 11 is 0. The van der Waals surface area contributed by atoms with Gasteiger partial charge in [0.15, 0.2) is 0 Å². The SMILES string of the molecule is COCCn1c(Cc2ccc(-c3cccc(OCc4ccc(C#N)c5c4OCCC5)n3)cc2F)nc2ccc(C(=O)OC)cc21. The van der Waals surface area contributed by atoms with E-state index in [4.69, 9.17) is 23.9 Å². The fourth-order valence-corrected chi connectivity index (χ4v) is 5.56. The first-order valence-corrected chi connectivity index (χ1v) is 14.6. The van der Waals surface area contributed by atoms with E-state index in [2.05, 4.69) is 11.1 Å². The summed E-state index contributed by atoms with van der Waals surface area (Å²) in [5, 5.41) is 9.45. The second-order valence-corrected chi connectivity index (χ2v) is 10.6. The lowest BCUT2D eigenvalue weighted by atomic mass is 9.97. The van der Waals surface area contributed by atoms with Gasteiger partial charge in [0.05, 0.1) is 54.2 Å². The average molecular weight is 607 g/mol. The van der Waals surface area contributed by atoms with E-state index in [1.807, 2.05) is 22.8 Å². The zero-order valence-corrected chi connectivity index (χ0v) is 25.0. The standard InChI is InChI=1S/C35H31FN4O5/c1-42-16-14-40-31-18-24(35(41)43-2)12-13-30(31)38-32(40)19-22-8-9-23(17-28(22)36)29-6-3-7-33(39-29)45-21-26-11-10-25(20-37)27-5-4-15-44-34(26)27/h3,6-13,17-18H,4-5,14-16,19,21H2,1-2H3. The number of nitriles is 1. The molecule has 9 nitrogen and oxygen atoms in total. The molecule has 45 heavy (non-hydrogen) atoms. The molecule has 1 aliphatic heterocycles. The number of carbonyl (C=O) groups is 1. The molecule has 0 bridgehead atoms. The molecule has 0 atom stereocenters. The summed E-state index contributed by atoms with van der Waals surface area (Å²) in [6.45, 7) is 1.74. The first-order valence-electron chi connectivity index (χ1n) is 14.6. The molecule has 3 heterocycles. The maximum atomic E-state index is 15.5. The van der Waals surface area contributed by atoms with Crippen LogP contribution in [0.4, 0.5) is 4.39 Å². The number of pyridine rings is 1. The van der Waals surface area contributed by atoms with Crippen LogP contribution in [0.5, 0.6) is 11.6 Å². The summed E-state index contributed by atoms with van der Waals surface area (Å²) in [6, 6.07) is 21.4. The fourth-order valence-electron chi connectivity index (χ4n) is 5.56. The second kappa shape index (κ2) is 13.2. The van der Waals surface area contributed by atoms with Gasteiger partial charge in [-0.1, -0.05) is 24.3 Å². The summed E-state index contributed by atoms with van der Waals surface area (Å²) in [6.07, 6.45) is 1.91. The molecule has 0 amide bonds. The minimum atomic E-state index is -0.440. The minimum Gasteiger partial charge on any atom is -0.493 e. The number of ether oxygens (including phenoxy) is 4.